The predicted octanol–water partition coefficient (Wildman–Crippen LogP) is 2.57. The average Bonchev–Trinajstić information content (AvgIpc) is 2.52. The molecule has 0 unspecified atom stereocenters. The molecular weight excluding hydrogens is 324 g/mol. The number of halogens is 1. The first kappa shape index (κ1) is 16.9. The molecule has 0 amide bonds. The molecule has 0 radical (unpaired) electrons. The molecule has 5 nitrogen and oxygen atoms in total. The Morgan fingerprint density at radius 3 is 2.50 bits per heavy atom. The van der Waals surface area contributed by atoms with Gasteiger partial charge in [0, 0.05) is 32.6 Å². The first-order valence-electron chi connectivity index (χ1n) is 6.68. The molecule has 0 aliphatic carbocycles. The Labute approximate surface area is 135 Å². The van der Waals surface area contributed by atoms with Gasteiger partial charge in [-0.3, -0.25) is 4.98 Å². The van der Waals surface area contributed by atoms with Gasteiger partial charge in [0.25, 0.3) is 0 Å². The molecule has 1 aromatic carbocycles. The van der Waals surface area contributed by atoms with Crippen molar-refractivity contribution >= 4 is 21.6 Å². The van der Waals surface area contributed by atoms with Gasteiger partial charge in [0.15, 0.2) is 0 Å². The lowest BCUT2D eigenvalue weighted by Crippen LogP contribution is -2.33. The number of benzene rings is 1. The molecular formula is C15H17ClN2O3S. The van der Waals surface area contributed by atoms with Crippen LogP contribution < -0.4 is 0 Å². The van der Waals surface area contributed by atoms with E-state index in [0.29, 0.717) is 6.61 Å². The number of ether oxygens (including phenoxy) is 1. The molecule has 2 rings (SSSR count). The summed E-state index contributed by atoms with van der Waals surface area (Å²) in [4.78, 5) is 4.03. The van der Waals surface area contributed by atoms with E-state index in [9.17, 15) is 8.42 Å². The molecule has 0 bridgehead atoms. The lowest BCUT2D eigenvalue weighted by atomic mass is 10.3. The predicted molar refractivity (Wildman–Crippen MR) is 85.2 cm³/mol. The van der Waals surface area contributed by atoms with Crippen molar-refractivity contribution in [3.63, 3.8) is 0 Å². The van der Waals surface area contributed by atoms with Crippen molar-refractivity contribution in [2.24, 2.45) is 0 Å². The van der Waals surface area contributed by atoms with Crippen LogP contribution in [-0.2, 0) is 21.3 Å². The second kappa shape index (κ2) is 7.69. The minimum atomic E-state index is -3.70. The van der Waals surface area contributed by atoms with E-state index >= 15 is 0 Å². The van der Waals surface area contributed by atoms with Crippen LogP contribution in [0.3, 0.4) is 0 Å². The fourth-order valence-corrected chi connectivity index (χ4v) is 3.87. The molecule has 0 fully saturated rings. The van der Waals surface area contributed by atoms with Gasteiger partial charge >= 0.3 is 0 Å². The summed E-state index contributed by atoms with van der Waals surface area (Å²) in [5.41, 5.74) is 0.849. The maximum Gasteiger partial charge on any atom is 0.244 e. The number of aromatic nitrogens is 1. The van der Waals surface area contributed by atoms with Gasteiger partial charge in [-0.1, -0.05) is 23.7 Å². The maximum atomic E-state index is 12.8. The van der Waals surface area contributed by atoms with Crippen LogP contribution in [0.25, 0.3) is 0 Å². The summed E-state index contributed by atoms with van der Waals surface area (Å²) < 4.78 is 32.0. The zero-order valence-corrected chi connectivity index (χ0v) is 13.7. The Morgan fingerprint density at radius 2 is 1.86 bits per heavy atom. The highest BCUT2D eigenvalue weighted by Gasteiger charge is 2.26. The molecule has 118 valence electrons. The van der Waals surface area contributed by atoms with Gasteiger partial charge in [-0.25, -0.2) is 8.42 Å². The Kier molecular flexibility index (Phi) is 5.90. The van der Waals surface area contributed by atoms with Gasteiger partial charge < -0.3 is 4.74 Å². The molecule has 1 heterocycles. The van der Waals surface area contributed by atoms with E-state index in [1.807, 2.05) is 0 Å². The largest absolute Gasteiger partial charge is 0.383 e. The number of hydrogen-bond donors (Lipinski definition) is 0. The molecule has 2 aromatic rings. The van der Waals surface area contributed by atoms with Crippen LogP contribution in [0.4, 0.5) is 0 Å². The number of sulfonamides is 1. The van der Waals surface area contributed by atoms with Crippen molar-refractivity contribution in [1.82, 2.24) is 9.29 Å². The highest BCUT2D eigenvalue weighted by Crippen LogP contribution is 2.25. The molecule has 0 saturated heterocycles. The van der Waals surface area contributed by atoms with Gasteiger partial charge in [-0.2, -0.15) is 4.31 Å². The van der Waals surface area contributed by atoms with Gasteiger partial charge in [0.2, 0.25) is 10.0 Å². The van der Waals surface area contributed by atoms with Crippen molar-refractivity contribution < 1.29 is 13.2 Å². The van der Waals surface area contributed by atoms with Crippen molar-refractivity contribution in [3.05, 3.63) is 59.4 Å². The molecule has 0 N–H and O–H groups in total. The standard InChI is InChI=1S/C15H17ClN2O3S/c1-21-11-10-18(12-13-6-8-17-9-7-13)22(19,20)15-5-3-2-4-14(15)16/h2-9H,10-12H2,1H3. The minimum Gasteiger partial charge on any atom is -0.383 e. The first-order valence-corrected chi connectivity index (χ1v) is 8.50. The number of rotatable bonds is 7. The van der Waals surface area contributed by atoms with E-state index in [-0.39, 0.29) is 23.0 Å². The van der Waals surface area contributed by atoms with Crippen LogP contribution in [0, 0.1) is 0 Å². The number of hydrogen-bond acceptors (Lipinski definition) is 4. The Morgan fingerprint density at radius 1 is 1.18 bits per heavy atom. The van der Waals surface area contributed by atoms with Gasteiger partial charge in [-0.15, -0.1) is 0 Å². The Hall–Kier alpha value is -1.47. The van der Waals surface area contributed by atoms with Gasteiger partial charge in [-0.05, 0) is 29.8 Å². The number of nitrogens with zero attached hydrogens (tertiary/aromatic N) is 2. The molecule has 1 aromatic heterocycles. The third-order valence-electron chi connectivity index (χ3n) is 3.11. The minimum absolute atomic E-state index is 0.0989. The Balaban J connectivity index is 2.33. The van der Waals surface area contributed by atoms with E-state index < -0.39 is 10.0 Å². The van der Waals surface area contributed by atoms with Gasteiger partial charge in [0.05, 0.1) is 11.6 Å². The van der Waals surface area contributed by atoms with E-state index in [1.54, 1.807) is 42.7 Å². The van der Waals surface area contributed by atoms with E-state index in [2.05, 4.69) is 4.98 Å². The number of methoxy groups -OCH3 is 1. The summed E-state index contributed by atoms with van der Waals surface area (Å²) in [6.07, 6.45) is 3.26. The molecule has 0 spiro atoms. The van der Waals surface area contributed by atoms with E-state index in [1.165, 1.54) is 17.5 Å². The van der Waals surface area contributed by atoms with Gasteiger partial charge in [0.1, 0.15) is 4.90 Å². The highest BCUT2D eigenvalue weighted by atomic mass is 35.5. The third-order valence-corrected chi connectivity index (χ3v) is 5.45. The second-order valence-electron chi connectivity index (χ2n) is 4.62. The fraction of sp³-hybridized carbons (Fsp3) is 0.267. The fourth-order valence-electron chi connectivity index (χ4n) is 1.96. The normalized spacial score (nSPS) is 11.8. The maximum absolute atomic E-state index is 12.8. The molecule has 22 heavy (non-hydrogen) atoms. The summed E-state index contributed by atoms with van der Waals surface area (Å²) in [5, 5.41) is 0.208. The second-order valence-corrected chi connectivity index (χ2v) is 6.93. The summed E-state index contributed by atoms with van der Waals surface area (Å²) in [6.45, 7) is 0.778. The van der Waals surface area contributed by atoms with Crippen molar-refractivity contribution in [3.8, 4) is 0 Å². The van der Waals surface area contributed by atoms with Crippen LogP contribution >= 0.6 is 11.6 Å². The lowest BCUT2D eigenvalue weighted by Gasteiger charge is -2.22. The van der Waals surface area contributed by atoms with Crippen LogP contribution in [0.5, 0.6) is 0 Å². The topological polar surface area (TPSA) is 59.5 Å². The smallest absolute Gasteiger partial charge is 0.244 e. The molecule has 0 atom stereocenters. The SMILES string of the molecule is COCCN(Cc1ccncc1)S(=O)(=O)c1ccccc1Cl. The third kappa shape index (κ3) is 4.04. The molecule has 7 heteroatoms. The van der Waals surface area contributed by atoms with Crippen LogP contribution in [0.15, 0.2) is 53.7 Å². The monoisotopic (exact) mass is 340 g/mol. The lowest BCUT2D eigenvalue weighted by molar-refractivity contribution is 0.177. The van der Waals surface area contributed by atoms with Crippen LogP contribution in [0.1, 0.15) is 5.56 Å². The van der Waals surface area contributed by atoms with E-state index in [4.69, 9.17) is 16.3 Å². The first-order chi connectivity index (χ1) is 10.6. The molecule has 0 aliphatic heterocycles. The van der Waals surface area contributed by atoms with E-state index in [0.717, 1.165) is 5.56 Å². The average molecular weight is 341 g/mol. The summed E-state index contributed by atoms with van der Waals surface area (Å²) in [7, 11) is -2.17. The Bertz CT molecular complexity index is 708. The van der Waals surface area contributed by atoms with Crippen LogP contribution in [-0.4, -0.2) is 38.0 Å². The quantitative estimate of drug-likeness (QED) is 0.777. The van der Waals surface area contributed by atoms with Crippen LogP contribution in [0.2, 0.25) is 5.02 Å². The zero-order valence-electron chi connectivity index (χ0n) is 12.1. The molecule has 0 saturated carbocycles. The summed E-state index contributed by atoms with van der Waals surface area (Å²) in [6, 6.07) is 9.98. The summed E-state index contributed by atoms with van der Waals surface area (Å²) in [5.74, 6) is 0. The zero-order chi connectivity index (χ0) is 16.0. The highest BCUT2D eigenvalue weighted by molar-refractivity contribution is 7.89. The van der Waals surface area contributed by atoms with Crippen molar-refractivity contribution in [2.45, 2.75) is 11.4 Å². The molecule has 0 aliphatic rings. The number of pyridine rings is 1. The van der Waals surface area contributed by atoms with Crippen molar-refractivity contribution in [1.29, 1.82) is 0 Å². The summed E-state index contributed by atoms with van der Waals surface area (Å²) >= 11 is 6.04. The van der Waals surface area contributed by atoms with Crippen molar-refractivity contribution in [2.75, 3.05) is 20.3 Å².